The first kappa shape index (κ1) is 15.1. The third-order valence-electron chi connectivity index (χ3n) is 3.05. The molecule has 0 bridgehead atoms. The third-order valence-corrected chi connectivity index (χ3v) is 3.91. The van der Waals surface area contributed by atoms with E-state index in [-0.39, 0.29) is 11.8 Å². The van der Waals surface area contributed by atoms with E-state index in [1.807, 2.05) is 32.5 Å². The monoisotopic (exact) mass is 274 g/mol. The average Bonchev–Trinajstić information content (AvgIpc) is 2.47. The Morgan fingerprint density at radius 2 is 2.06 bits per heavy atom. The van der Waals surface area contributed by atoms with Gasteiger partial charge >= 0.3 is 0 Å². The van der Waals surface area contributed by atoms with E-state index in [9.17, 15) is 8.42 Å². The van der Waals surface area contributed by atoms with Gasteiger partial charge < -0.3 is 5.32 Å². The maximum absolute atomic E-state index is 10.8. The zero-order valence-corrected chi connectivity index (χ0v) is 12.2. The second kappa shape index (κ2) is 5.81. The zero-order valence-electron chi connectivity index (χ0n) is 11.4. The van der Waals surface area contributed by atoms with Gasteiger partial charge in [0.1, 0.15) is 0 Å². The van der Waals surface area contributed by atoms with Gasteiger partial charge in [-0.15, -0.1) is 0 Å². The van der Waals surface area contributed by atoms with Crippen molar-refractivity contribution in [1.82, 2.24) is 15.1 Å². The fourth-order valence-electron chi connectivity index (χ4n) is 2.11. The number of nitrogens with one attached hydrogen (secondary N) is 1. The third kappa shape index (κ3) is 4.08. The highest BCUT2D eigenvalue weighted by molar-refractivity contribution is 7.89. The Hall–Kier alpha value is -0.920. The molecule has 1 rings (SSSR count). The van der Waals surface area contributed by atoms with Crippen LogP contribution in [0.3, 0.4) is 0 Å². The van der Waals surface area contributed by atoms with Crippen LogP contribution >= 0.6 is 0 Å². The molecule has 0 spiro atoms. The second-order valence-corrected chi connectivity index (χ2v) is 6.34. The summed E-state index contributed by atoms with van der Waals surface area (Å²) in [7, 11) is -1.44. The van der Waals surface area contributed by atoms with Crippen LogP contribution in [-0.4, -0.2) is 30.5 Å². The second-order valence-electron chi connectivity index (χ2n) is 4.60. The number of nitrogens with two attached hydrogens (primary N) is 1. The van der Waals surface area contributed by atoms with E-state index in [0.29, 0.717) is 13.0 Å². The Morgan fingerprint density at radius 1 is 1.44 bits per heavy atom. The molecule has 0 amide bonds. The van der Waals surface area contributed by atoms with Crippen molar-refractivity contribution in [3.05, 3.63) is 17.0 Å². The predicted molar refractivity (Wildman–Crippen MR) is 71.7 cm³/mol. The van der Waals surface area contributed by atoms with Gasteiger partial charge in [-0.05, 0) is 33.7 Å². The largest absolute Gasteiger partial charge is 0.310 e. The van der Waals surface area contributed by atoms with Gasteiger partial charge in [-0.1, -0.05) is 0 Å². The van der Waals surface area contributed by atoms with E-state index in [2.05, 4.69) is 10.4 Å². The van der Waals surface area contributed by atoms with E-state index in [1.54, 1.807) is 0 Å². The van der Waals surface area contributed by atoms with Crippen LogP contribution in [-0.2, 0) is 17.1 Å². The molecule has 1 heterocycles. The molecular formula is C11H22N4O2S. The molecule has 104 valence electrons. The fourth-order valence-corrected chi connectivity index (χ4v) is 2.66. The maximum Gasteiger partial charge on any atom is 0.209 e. The minimum atomic E-state index is -3.36. The van der Waals surface area contributed by atoms with Crippen molar-refractivity contribution in [3.63, 3.8) is 0 Å². The Morgan fingerprint density at radius 3 is 2.50 bits per heavy atom. The molecule has 1 unspecified atom stereocenters. The highest BCUT2D eigenvalue weighted by Crippen LogP contribution is 2.20. The fraction of sp³-hybridized carbons (Fsp3) is 0.727. The highest BCUT2D eigenvalue weighted by atomic mass is 32.2. The first-order chi connectivity index (χ1) is 8.22. The minimum Gasteiger partial charge on any atom is -0.310 e. The highest BCUT2D eigenvalue weighted by Gasteiger charge is 2.15. The van der Waals surface area contributed by atoms with Gasteiger partial charge in [0, 0.05) is 24.3 Å². The summed E-state index contributed by atoms with van der Waals surface area (Å²) in [5.41, 5.74) is 3.30. The first-order valence-corrected chi connectivity index (χ1v) is 7.68. The number of rotatable bonds is 6. The number of sulfonamides is 1. The van der Waals surface area contributed by atoms with Crippen molar-refractivity contribution in [2.75, 3.05) is 12.3 Å². The lowest BCUT2D eigenvalue weighted by Gasteiger charge is -2.14. The molecule has 0 saturated heterocycles. The summed E-state index contributed by atoms with van der Waals surface area (Å²) in [6, 6.07) is 0.152. The number of hydrogen-bond acceptors (Lipinski definition) is 4. The summed E-state index contributed by atoms with van der Waals surface area (Å²) in [5, 5.41) is 12.6. The Balaban J connectivity index is 2.53. The number of nitrogens with zero attached hydrogens (tertiary/aromatic N) is 2. The summed E-state index contributed by atoms with van der Waals surface area (Å²) in [6.45, 7) is 6.67. The molecule has 18 heavy (non-hydrogen) atoms. The lowest BCUT2D eigenvalue weighted by molar-refractivity contribution is 0.556. The lowest BCUT2D eigenvalue weighted by atomic mass is 10.1. The summed E-state index contributed by atoms with van der Waals surface area (Å²) in [5.74, 6) is 0.0116. The molecule has 1 aromatic heterocycles. The molecule has 0 aliphatic rings. The summed E-state index contributed by atoms with van der Waals surface area (Å²) < 4.78 is 23.4. The SMILES string of the molecule is Cc1nn(C)c(C)c1C(C)NCCCS(N)(=O)=O. The van der Waals surface area contributed by atoms with Crippen molar-refractivity contribution < 1.29 is 8.42 Å². The van der Waals surface area contributed by atoms with Gasteiger partial charge in [0.25, 0.3) is 0 Å². The van der Waals surface area contributed by atoms with Gasteiger partial charge in [0.05, 0.1) is 11.4 Å². The van der Waals surface area contributed by atoms with E-state index in [0.717, 1.165) is 11.4 Å². The summed E-state index contributed by atoms with van der Waals surface area (Å²) in [4.78, 5) is 0. The molecular weight excluding hydrogens is 252 g/mol. The summed E-state index contributed by atoms with van der Waals surface area (Å²) >= 11 is 0. The van der Waals surface area contributed by atoms with Crippen LogP contribution in [0.25, 0.3) is 0 Å². The van der Waals surface area contributed by atoms with Crippen LogP contribution in [0.15, 0.2) is 0 Å². The molecule has 6 nitrogen and oxygen atoms in total. The van der Waals surface area contributed by atoms with Crippen molar-refractivity contribution in [2.45, 2.75) is 33.2 Å². The van der Waals surface area contributed by atoms with Crippen molar-refractivity contribution in [2.24, 2.45) is 12.2 Å². The number of aryl methyl sites for hydroxylation is 2. The molecule has 3 N–H and O–H groups in total. The van der Waals surface area contributed by atoms with Crippen LogP contribution in [0.5, 0.6) is 0 Å². The van der Waals surface area contributed by atoms with E-state index < -0.39 is 10.0 Å². The van der Waals surface area contributed by atoms with Crippen molar-refractivity contribution >= 4 is 10.0 Å². The normalized spacial score (nSPS) is 13.8. The molecule has 0 radical (unpaired) electrons. The first-order valence-electron chi connectivity index (χ1n) is 5.96. The topological polar surface area (TPSA) is 90.0 Å². The molecule has 1 aromatic rings. The Kier molecular flexibility index (Phi) is 4.89. The van der Waals surface area contributed by atoms with E-state index >= 15 is 0 Å². The molecule has 7 heteroatoms. The predicted octanol–water partition coefficient (Wildman–Crippen LogP) is 0.366. The Bertz CT molecular complexity index is 507. The average molecular weight is 274 g/mol. The minimum absolute atomic E-state index is 0.0116. The molecule has 0 saturated carbocycles. The zero-order chi connectivity index (χ0) is 13.9. The van der Waals surface area contributed by atoms with Gasteiger partial charge in [-0.2, -0.15) is 5.10 Å². The van der Waals surface area contributed by atoms with Crippen molar-refractivity contribution in [3.8, 4) is 0 Å². The lowest BCUT2D eigenvalue weighted by Crippen LogP contribution is -2.24. The van der Waals surface area contributed by atoms with Gasteiger partial charge in [0.2, 0.25) is 10.0 Å². The maximum atomic E-state index is 10.8. The number of aromatic nitrogens is 2. The molecule has 0 aliphatic heterocycles. The summed E-state index contributed by atoms with van der Waals surface area (Å²) in [6.07, 6.45) is 0.515. The number of hydrogen-bond donors (Lipinski definition) is 2. The molecule has 1 atom stereocenters. The van der Waals surface area contributed by atoms with Gasteiger partial charge in [-0.25, -0.2) is 13.6 Å². The van der Waals surface area contributed by atoms with Crippen LogP contribution in [0.4, 0.5) is 0 Å². The van der Waals surface area contributed by atoms with Crippen LogP contribution in [0.1, 0.15) is 36.3 Å². The molecule has 0 aliphatic carbocycles. The Labute approximate surface area is 109 Å². The van der Waals surface area contributed by atoms with Crippen LogP contribution in [0.2, 0.25) is 0 Å². The van der Waals surface area contributed by atoms with Crippen LogP contribution in [0, 0.1) is 13.8 Å². The van der Waals surface area contributed by atoms with Crippen molar-refractivity contribution in [1.29, 1.82) is 0 Å². The van der Waals surface area contributed by atoms with E-state index in [4.69, 9.17) is 5.14 Å². The molecule has 0 aromatic carbocycles. The van der Waals surface area contributed by atoms with Gasteiger partial charge in [0.15, 0.2) is 0 Å². The number of primary sulfonamides is 1. The quantitative estimate of drug-likeness (QED) is 0.733. The smallest absolute Gasteiger partial charge is 0.209 e. The molecule has 0 fully saturated rings. The van der Waals surface area contributed by atoms with E-state index in [1.165, 1.54) is 5.56 Å². The standard InChI is InChI=1S/C11H22N4O2S/c1-8(13-6-5-7-18(12,16)17)11-9(2)14-15(4)10(11)3/h8,13H,5-7H2,1-4H3,(H2,12,16,17). The van der Waals surface area contributed by atoms with Gasteiger partial charge in [-0.3, -0.25) is 4.68 Å². The van der Waals surface area contributed by atoms with Crippen LogP contribution < -0.4 is 10.5 Å².